The van der Waals surface area contributed by atoms with Crippen LogP contribution in [0.15, 0.2) is 84.7 Å². The van der Waals surface area contributed by atoms with E-state index in [1.807, 2.05) is 62.4 Å². The van der Waals surface area contributed by atoms with Crippen molar-refractivity contribution in [1.29, 1.82) is 5.26 Å². The van der Waals surface area contributed by atoms with Gasteiger partial charge in [-0.15, -0.1) is 0 Å². The van der Waals surface area contributed by atoms with Crippen LogP contribution < -0.4 is 14.8 Å². The lowest BCUT2D eigenvalue weighted by atomic mass is 9.97. The SMILES string of the molecule is C=C(/C(C)=C(\C)COc1ccc(CNCCCC(=O)O)c(OCc2cncc(C#N)c2)c1)c1ccccc1. The summed E-state index contributed by atoms with van der Waals surface area (Å²) < 4.78 is 12.2. The quantitative estimate of drug-likeness (QED) is 0.205. The summed E-state index contributed by atoms with van der Waals surface area (Å²) in [5.74, 6) is 0.496. The Morgan fingerprint density at radius 1 is 1.11 bits per heavy atom. The maximum atomic E-state index is 10.8. The summed E-state index contributed by atoms with van der Waals surface area (Å²) in [5, 5.41) is 21.3. The van der Waals surface area contributed by atoms with Gasteiger partial charge in [0.15, 0.2) is 0 Å². The molecule has 0 aliphatic heterocycles. The predicted molar refractivity (Wildman–Crippen MR) is 148 cm³/mol. The molecule has 3 aromatic rings. The van der Waals surface area contributed by atoms with Crippen LogP contribution in [0.4, 0.5) is 0 Å². The van der Waals surface area contributed by atoms with Crippen molar-refractivity contribution in [3.05, 3.63) is 107 Å². The van der Waals surface area contributed by atoms with E-state index in [-0.39, 0.29) is 13.0 Å². The molecule has 0 unspecified atom stereocenters. The fourth-order valence-electron chi connectivity index (χ4n) is 3.69. The van der Waals surface area contributed by atoms with Crippen LogP contribution in [0, 0.1) is 11.3 Å². The second-order valence-electron chi connectivity index (χ2n) is 8.96. The van der Waals surface area contributed by atoms with Crippen molar-refractivity contribution >= 4 is 11.5 Å². The highest BCUT2D eigenvalue weighted by molar-refractivity contribution is 5.77. The Morgan fingerprint density at radius 3 is 2.63 bits per heavy atom. The smallest absolute Gasteiger partial charge is 0.303 e. The van der Waals surface area contributed by atoms with E-state index in [0.717, 1.165) is 33.4 Å². The molecular weight excluding hydrogens is 478 g/mol. The largest absolute Gasteiger partial charge is 0.489 e. The molecule has 0 bridgehead atoms. The third-order valence-electron chi connectivity index (χ3n) is 6.09. The Bertz CT molecular complexity index is 1330. The molecule has 0 fully saturated rings. The van der Waals surface area contributed by atoms with E-state index in [4.69, 9.17) is 19.8 Å². The van der Waals surface area contributed by atoms with Gasteiger partial charge in [-0.2, -0.15) is 5.26 Å². The van der Waals surface area contributed by atoms with Crippen molar-refractivity contribution in [2.24, 2.45) is 0 Å². The number of nitrogens with zero attached hydrogens (tertiary/aromatic N) is 2. The van der Waals surface area contributed by atoms with E-state index in [9.17, 15) is 4.79 Å². The molecule has 1 aromatic heterocycles. The van der Waals surface area contributed by atoms with E-state index in [1.165, 1.54) is 6.20 Å². The lowest BCUT2D eigenvalue weighted by molar-refractivity contribution is -0.137. The Kier molecular flexibility index (Phi) is 10.6. The Morgan fingerprint density at radius 2 is 1.89 bits per heavy atom. The summed E-state index contributed by atoms with van der Waals surface area (Å²) in [6.07, 6.45) is 3.84. The number of carboxylic acids is 1. The fraction of sp³-hybridized carbons (Fsp3) is 0.258. The molecule has 0 amide bonds. The molecule has 0 atom stereocenters. The van der Waals surface area contributed by atoms with E-state index < -0.39 is 5.97 Å². The molecule has 7 nitrogen and oxygen atoms in total. The zero-order chi connectivity index (χ0) is 27.3. The van der Waals surface area contributed by atoms with Crippen LogP contribution in [0.1, 0.15) is 48.9 Å². The first-order valence-electron chi connectivity index (χ1n) is 12.4. The van der Waals surface area contributed by atoms with Gasteiger partial charge in [-0.25, -0.2) is 0 Å². The van der Waals surface area contributed by atoms with Crippen molar-refractivity contribution < 1.29 is 19.4 Å². The standard InChI is InChI=1S/C31H33N3O4/c1-22(23(2)24(3)27-8-5-4-6-9-27)20-37-29-12-11-28(19-33-13-7-10-31(35)36)30(15-29)38-21-26-14-25(16-32)17-34-18-26/h4-6,8-9,11-12,14-15,17-18,33H,3,7,10,13,19-21H2,1-2H3,(H,35,36)/b23-22+. The number of nitrogens with one attached hydrogen (secondary N) is 1. The summed E-state index contributed by atoms with van der Waals surface area (Å²) in [4.78, 5) is 14.8. The van der Waals surface area contributed by atoms with Crippen molar-refractivity contribution in [2.45, 2.75) is 39.8 Å². The van der Waals surface area contributed by atoms with Gasteiger partial charge in [0, 0.05) is 42.6 Å². The lowest BCUT2D eigenvalue weighted by Gasteiger charge is -2.16. The zero-order valence-corrected chi connectivity index (χ0v) is 21.9. The van der Waals surface area contributed by atoms with Crippen LogP contribution in [0.3, 0.4) is 0 Å². The van der Waals surface area contributed by atoms with Crippen LogP contribution in [-0.2, 0) is 17.9 Å². The summed E-state index contributed by atoms with van der Waals surface area (Å²) in [5.41, 5.74) is 6.37. The van der Waals surface area contributed by atoms with Gasteiger partial charge in [0.2, 0.25) is 0 Å². The normalized spacial score (nSPS) is 11.3. The Hall–Kier alpha value is -4.41. The van der Waals surface area contributed by atoms with E-state index >= 15 is 0 Å². The number of allylic oxidation sites excluding steroid dienone is 2. The van der Waals surface area contributed by atoms with Crippen LogP contribution in [0.5, 0.6) is 11.5 Å². The lowest BCUT2D eigenvalue weighted by Crippen LogP contribution is -2.16. The Balaban J connectivity index is 1.71. The molecule has 0 aliphatic rings. The van der Waals surface area contributed by atoms with Crippen LogP contribution in [0.2, 0.25) is 0 Å². The monoisotopic (exact) mass is 511 g/mol. The van der Waals surface area contributed by atoms with Gasteiger partial charge < -0.3 is 19.9 Å². The van der Waals surface area contributed by atoms with Gasteiger partial charge in [-0.3, -0.25) is 9.78 Å². The van der Waals surface area contributed by atoms with Gasteiger partial charge in [-0.05, 0) is 61.2 Å². The number of benzene rings is 2. The molecule has 0 radical (unpaired) electrons. The zero-order valence-electron chi connectivity index (χ0n) is 21.9. The average molecular weight is 512 g/mol. The molecule has 2 N–H and O–H groups in total. The summed E-state index contributed by atoms with van der Waals surface area (Å²) in [7, 11) is 0. The topological polar surface area (TPSA) is 104 Å². The van der Waals surface area contributed by atoms with Crippen LogP contribution in [0.25, 0.3) is 5.57 Å². The number of aromatic nitrogens is 1. The predicted octanol–water partition coefficient (Wildman–Crippen LogP) is 5.92. The van der Waals surface area contributed by atoms with Crippen LogP contribution >= 0.6 is 0 Å². The van der Waals surface area contributed by atoms with Gasteiger partial charge in [0.25, 0.3) is 0 Å². The number of hydrogen-bond donors (Lipinski definition) is 2. The molecule has 0 saturated carbocycles. The highest BCUT2D eigenvalue weighted by Crippen LogP contribution is 2.28. The molecule has 7 heteroatoms. The summed E-state index contributed by atoms with van der Waals surface area (Å²) >= 11 is 0. The molecule has 1 heterocycles. The minimum atomic E-state index is -0.808. The maximum Gasteiger partial charge on any atom is 0.303 e. The number of pyridine rings is 1. The minimum Gasteiger partial charge on any atom is -0.489 e. The van der Waals surface area contributed by atoms with Gasteiger partial charge >= 0.3 is 5.97 Å². The van der Waals surface area contributed by atoms with Crippen molar-refractivity contribution in [2.75, 3.05) is 13.2 Å². The molecule has 3 rings (SSSR count). The number of rotatable bonds is 14. The molecular formula is C31H33N3O4. The minimum absolute atomic E-state index is 0.119. The third-order valence-corrected chi connectivity index (χ3v) is 6.09. The maximum absolute atomic E-state index is 10.8. The average Bonchev–Trinajstić information content (AvgIpc) is 2.94. The number of hydrogen-bond acceptors (Lipinski definition) is 6. The third kappa shape index (κ3) is 8.61. The summed E-state index contributed by atoms with van der Waals surface area (Å²) in [6, 6.07) is 19.6. The molecule has 0 aliphatic carbocycles. The highest BCUT2D eigenvalue weighted by atomic mass is 16.5. The van der Waals surface area contributed by atoms with E-state index in [0.29, 0.717) is 43.2 Å². The first-order chi connectivity index (χ1) is 18.4. The first-order valence-corrected chi connectivity index (χ1v) is 12.4. The van der Waals surface area contributed by atoms with Crippen molar-refractivity contribution in [3.63, 3.8) is 0 Å². The number of aliphatic carboxylic acids is 1. The molecule has 0 spiro atoms. The molecule has 38 heavy (non-hydrogen) atoms. The molecule has 196 valence electrons. The Labute approximate surface area is 224 Å². The second kappa shape index (κ2) is 14.4. The highest BCUT2D eigenvalue weighted by Gasteiger charge is 2.10. The summed E-state index contributed by atoms with van der Waals surface area (Å²) in [6.45, 7) is 10.1. The number of nitriles is 1. The van der Waals surface area contributed by atoms with Crippen LogP contribution in [-0.4, -0.2) is 29.2 Å². The van der Waals surface area contributed by atoms with E-state index in [1.54, 1.807) is 12.3 Å². The van der Waals surface area contributed by atoms with Crippen molar-refractivity contribution in [1.82, 2.24) is 10.3 Å². The fourth-order valence-corrected chi connectivity index (χ4v) is 3.69. The van der Waals surface area contributed by atoms with Gasteiger partial charge in [-0.1, -0.05) is 43.0 Å². The van der Waals surface area contributed by atoms with E-state index in [2.05, 4.69) is 22.9 Å². The number of carboxylic acid groups (broad SMARTS) is 1. The van der Waals surface area contributed by atoms with Gasteiger partial charge in [0.1, 0.15) is 30.8 Å². The molecule has 2 aromatic carbocycles. The number of carbonyl (C=O) groups is 1. The van der Waals surface area contributed by atoms with Crippen molar-refractivity contribution in [3.8, 4) is 17.6 Å². The molecule has 0 saturated heterocycles. The first kappa shape index (κ1) is 28.2. The van der Waals surface area contributed by atoms with Gasteiger partial charge in [0.05, 0.1) is 5.56 Å². The number of ether oxygens (including phenoxy) is 2. The second-order valence-corrected chi connectivity index (χ2v) is 8.96.